The fourth-order valence-electron chi connectivity index (χ4n) is 5.06. The highest BCUT2D eigenvalue weighted by Crippen LogP contribution is 2.30. The predicted molar refractivity (Wildman–Crippen MR) is 113 cm³/mol. The van der Waals surface area contributed by atoms with Gasteiger partial charge in [-0.3, -0.25) is 9.59 Å². The van der Waals surface area contributed by atoms with Crippen LogP contribution in [0.1, 0.15) is 67.8 Å². The number of benzene rings is 1. The van der Waals surface area contributed by atoms with Crippen molar-refractivity contribution in [2.24, 2.45) is 5.92 Å². The second-order valence-electron chi connectivity index (χ2n) is 8.67. The molecule has 2 aliphatic heterocycles. The normalized spacial score (nSPS) is 23.0. The van der Waals surface area contributed by atoms with Crippen molar-refractivity contribution in [1.82, 2.24) is 15.2 Å². The first kappa shape index (κ1) is 19.2. The van der Waals surface area contributed by atoms with Crippen LogP contribution in [0.15, 0.2) is 29.2 Å². The number of H-pyrrole nitrogens is 1. The average Bonchev–Trinajstić information content (AvgIpc) is 2.72. The van der Waals surface area contributed by atoms with Crippen LogP contribution in [0.3, 0.4) is 0 Å². The molecule has 5 nitrogen and oxygen atoms in total. The van der Waals surface area contributed by atoms with Crippen LogP contribution in [-0.2, 0) is 0 Å². The van der Waals surface area contributed by atoms with Crippen LogP contribution in [0, 0.1) is 5.92 Å². The topological polar surface area (TPSA) is 65.2 Å². The number of para-hydroxylation sites is 1. The van der Waals surface area contributed by atoms with E-state index >= 15 is 0 Å². The molecule has 4 rings (SSSR count). The molecule has 0 bridgehead atoms. The SMILES string of the molecule is CC(C)c1cccc2c(=O)c(C(=O)NC[C@@H]3CCCN4CCCC[C@H]34)c[nH]c12. The Balaban J connectivity index is 1.51. The molecule has 2 N–H and O–H groups in total. The summed E-state index contributed by atoms with van der Waals surface area (Å²) in [5, 5.41) is 3.65. The third-order valence-corrected chi connectivity index (χ3v) is 6.57. The number of hydrogen-bond donors (Lipinski definition) is 2. The van der Waals surface area contributed by atoms with Gasteiger partial charge in [0.2, 0.25) is 5.43 Å². The Kier molecular flexibility index (Phi) is 5.54. The lowest BCUT2D eigenvalue weighted by atomic mass is 9.83. The summed E-state index contributed by atoms with van der Waals surface area (Å²) in [6.45, 7) is 7.25. The zero-order valence-corrected chi connectivity index (χ0v) is 17.0. The minimum absolute atomic E-state index is 0.184. The molecule has 3 heterocycles. The fraction of sp³-hybridized carbons (Fsp3) is 0.565. The molecule has 1 aromatic heterocycles. The smallest absolute Gasteiger partial charge is 0.256 e. The van der Waals surface area contributed by atoms with Crippen molar-refractivity contribution < 1.29 is 4.79 Å². The summed E-state index contributed by atoms with van der Waals surface area (Å²) in [6, 6.07) is 6.32. The number of carbonyl (C=O) groups excluding carboxylic acids is 1. The molecule has 1 aromatic carbocycles. The predicted octanol–water partition coefficient (Wildman–Crippen LogP) is 3.65. The number of fused-ring (bicyclic) bond motifs is 2. The molecule has 28 heavy (non-hydrogen) atoms. The molecule has 2 atom stereocenters. The van der Waals surface area contributed by atoms with Gasteiger partial charge in [-0.2, -0.15) is 0 Å². The van der Waals surface area contributed by atoms with E-state index in [1.54, 1.807) is 12.3 Å². The number of pyridine rings is 1. The Bertz CT molecular complexity index is 916. The van der Waals surface area contributed by atoms with E-state index in [1.165, 1.54) is 38.8 Å². The van der Waals surface area contributed by atoms with Gasteiger partial charge in [0.1, 0.15) is 5.56 Å². The van der Waals surface area contributed by atoms with Crippen LogP contribution < -0.4 is 10.7 Å². The second kappa shape index (κ2) is 8.08. The molecule has 0 aliphatic carbocycles. The van der Waals surface area contributed by atoms with Crippen molar-refractivity contribution in [3.05, 3.63) is 45.7 Å². The average molecular weight is 382 g/mol. The minimum Gasteiger partial charge on any atom is -0.360 e. The van der Waals surface area contributed by atoms with Gasteiger partial charge < -0.3 is 15.2 Å². The van der Waals surface area contributed by atoms with Crippen LogP contribution in [0.2, 0.25) is 0 Å². The van der Waals surface area contributed by atoms with Gasteiger partial charge >= 0.3 is 0 Å². The highest BCUT2D eigenvalue weighted by molar-refractivity contribution is 5.97. The van der Waals surface area contributed by atoms with Gasteiger partial charge in [0, 0.05) is 24.2 Å². The number of nitrogens with one attached hydrogen (secondary N) is 2. The van der Waals surface area contributed by atoms with Crippen LogP contribution in [0.4, 0.5) is 0 Å². The number of amides is 1. The van der Waals surface area contributed by atoms with Crippen molar-refractivity contribution in [3.8, 4) is 0 Å². The van der Waals surface area contributed by atoms with Crippen molar-refractivity contribution >= 4 is 16.8 Å². The maximum absolute atomic E-state index is 12.9. The summed E-state index contributed by atoms with van der Waals surface area (Å²) < 4.78 is 0. The van der Waals surface area contributed by atoms with E-state index in [0.29, 0.717) is 29.8 Å². The van der Waals surface area contributed by atoms with E-state index in [1.807, 2.05) is 12.1 Å². The van der Waals surface area contributed by atoms with Gasteiger partial charge in [-0.25, -0.2) is 0 Å². The third kappa shape index (κ3) is 3.60. The summed E-state index contributed by atoms with van der Waals surface area (Å²) >= 11 is 0. The van der Waals surface area contributed by atoms with Crippen LogP contribution in [-0.4, -0.2) is 41.5 Å². The van der Waals surface area contributed by atoms with Gasteiger partial charge in [-0.05, 0) is 62.2 Å². The number of piperidine rings is 2. The summed E-state index contributed by atoms with van der Waals surface area (Å²) in [6.07, 6.45) is 7.75. The van der Waals surface area contributed by atoms with Gasteiger partial charge in [0.15, 0.2) is 0 Å². The number of carbonyl (C=O) groups is 1. The van der Waals surface area contributed by atoms with E-state index < -0.39 is 0 Å². The van der Waals surface area contributed by atoms with Gasteiger partial charge in [0.25, 0.3) is 5.91 Å². The van der Waals surface area contributed by atoms with Crippen LogP contribution in [0.5, 0.6) is 0 Å². The summed E-state index contributed by atoms with van der Waals surface area (Å²) in [7, 11) is 0. The van der Waals surface area contributed by atoms with Crippen molar-refractivity contribution in [3.63, 3.8) is 0 Å². The first-order valence-electron chi connectivity index (χ1n) is 10.7. The number of nitrogens with zero attached hydrogens (tertiary/aromatic N) is 1. The molecular formula is C23H31N3O2. The second-order valence-corrected chi connectivity index (χ2v) is 8.67. The molecule has 2 fully saturated rings. The van der Waals surface area contributed by atoms with Crippen LogP contribution >= 0.6 is 0 Å². The van der Waals surface area contributed by atoms with Crippen molar-refractivity contribution in [1.29, 1.82) is 0 Å². The molecular weight excluding hydrogens is 350 g/mol. The molecule has 5 heteroatoms. The van der Waals surface area contributed by atoms with E-state index in [9.17, 15) is 9.59 Å². The Morgan fingerprint density at radius 2 is 2.04 bits per heavy atom. The summed E-state index contributed by atoms with van der Waals surface area (Å²) in [5.74, 6) is 0.542. The largest absolute Gasteiger partial charge is 0.360 e. The van der Waals surface area contributed by atoms with Crippen molar-refractivity contribution in [2.45, 2.75) is 57.9 Å². The number of aromatic nitrogens is 1. The Morgan fingerprint density at radius 3 is 2.86 bits per heavy atom. The highest BCUT2D eigenvalue weighted by Gasteiger charge is 2.33. The highest BCUT2D eigenvalue weighted by atomic mass is 16.2. The molecule has 150 valence electrons. The first-order valence-corrected chi connectivity index (χ1v) is 10.7. The molecule has 0 radical (unpaired) electrons. The van der Waals surface area contributed by atoms with Gasteiger partial charge in [0.05, 0.1) is 5.52 Å². The zero-order chi connectivity index (χ0) is 19.7. The van der Waals surface area contributed by atoms with Gasteiger partial charge in [-0.1, -0.05) is 32.4 Å². The fourth-order valence-corrected chi connectivity index (χ4v) is 5.06. The third-order valence-electron chi connectivity index (χ3n) is 6.57. The molecule has 1 amide bonds. The molecule has 2 saturated heterocycles. The monoisotopic (exact) mass is 381 g/mol. The first-order chi connectivity index (χ1) is 13.6. The molecule has 2 aromatic rings. The standard InChI is InChI=1S/C23H31N3O2/c1-15(2)17-8-5-9-18-21(17)24-14-19(22(18)27)23(28)25-13-16-7-6-12-26-11-4-3-10-20(16)26/h5,8-9,14-16,20H,3-4,6-7,10-13H2,1-2H3,(H,24,27)(H,25,28)/t16-,20+/m0/s1. The molecule has 2 aliphatic rings. The lowest BCUT2D eigenvalue weighted by molar-refractivity contribution is 0.0575. The Morgan fingerprint density at radius 1 is 1.21 bits per heavy atom. The quantitative estimate of drug-likeness (QED) is 0.850. The summed E-state index contributed by atoms with van der Waals surface area (Å²) in [5.41, 5.74) is 1.96. The maximum Gasteiger partial charge on any atom is 0.256 e. The van der Waals surface area contributed by atoms with E-state index in [4.69, 9.17) is 0 Å². The molecule has 0 saturated carbocycles. The van der Waals surface area contributed by atoms with E-state index in [0.717, 1.165) is 17.5 Å². The lowest BCUT2D eigenvalue weighted by Crippen LogP contribution is -2.51. The molecule has 0 spiro atoms. The number of hydrogen-bond acceptors (Lipinski definition) is 3. The molecule has 0 unspecified atom stereocenters. The maximum atomic E-state index is 12.9. The van der Waals surface area contributed by atoms with Crippen LogP contribution in [0.25, 0.3) is 10.9 Å². The van der Waals surface area contributed by atoms with Gasteiger partial charge in [-0.15, -0.1) is 0 Å². The Labute approximate surface area is 166 Å². The van der Waals surface area contributed by atoms with Crippen molar-refractivity contribution in [2.75, 3.05) is 19.6 Å². The zero-order valence-electron chi connectivity index (χ0n) is 17.0. The number of rotatable bonds is 4. The minimum atomic E-state index is -0.258. The Hall–Kier alpha value is -2.14. The van der Waals surface area contributed by atoms with E-state index in [-0.39, 0.29) is 16.9 Å². The summed E-state index contributed by atoms with van der Waals surface area (Å²) in [4.78, 5) is 31.5. The number of aromatic amines is 1. The van der Waals surface area contributed by atoms with E-state index in [2.05, 4.69) is 29.0 Å². The lowest BCUT2D eigenvalue weighted by Gasteiger charge is -2.44.